The summed E-state index contributed by atoms with van der Waals surface area (Å²) in [4.78, 5) is 17.0. The smallest absolute Gasteiger partial charge is 0.318 e. The Morgan fingerprint density at radius 1 is 1.00 bits per heavy atom. The predicted octanol–water partition coefficient (Wildman–Crippen LogP) is 4.88. The Bertz CT molecular complexity index is 1360. The Morgan fingerprint density at radius 2 is 1.84 bits per heavy atom. The zero-order chi connectivity index (χ0) is 21.9. The number of rotatable bonds is 7. The molecule has 0 radical (unpaired) electrons. The molecule has 0 aliphatic carbocycles. The van der Waals surface area contributed by atoms with Gasteiger partial charge in [-0.3, -0.25) is 0 Å². The normalized spacial score (nSPS) is 11.1. The molecular formula is C22H16F2N6OS. The number of fused-ring (bicyclic) bond motifs is 1. The summed E-state index contributed by atoms with van der Waals surface area (Å²) in [5, 5.41) is 4.91. The minimum atomic E-state index is -0.612. The molecule has 0 aliphatic heterocycles. The molecule has 0 unspecified atom stereocenters. The third-order valence-electron chi connectivity index (χ3n) is 4.72. The van der Waals surface area contributed by atoms with Gasteiger partial charge in [0, 0.05) is 5.38 Å². The van der Waals surface area contributed by atoms with Crippen LogP contribution in [0.2, 0.25) is 0 Å². The van der Waals surface area contributed by atoms with Gasteiger partial charge in [-0.1, -0.05) is 24.3 Å². The fourth-order valence-electron chi connectivity index (χ4n) is 3.18. The van der Waals surface area contributed by atoms with E-state index in [0.29, 0.717) is 5.82 Å². The quantitative estimate of drug-likeness (QED) is 0.381. The van der Waals surface area contributed by atoms with Crippen molar-refractivity contribution >= 4 is 28.2 Å². The highest BCUT2D eigenvalue weighted by molar-refractivity contribution is 7.07. The molecule has 3 heterocycles. The molecule has 0 spiro atoms. The van der Waals surface area contributed by atoms with Gasteiger partial charge in [0.1, 0.15) is 18.1 Å². The van der Waals surface area contributed by atoms with Crippen molar-refractivity contribution in [2.75, 3.05) is 5.32 Å². The zero-order valence-electron chi connectivity index (χ0n) is 16.6. The van der Waals surface area contributed by atoms with Gasteiger partial charge in [0.2, 0.25) is 0 Å². The van der Waals surface area contributed by atoms with Crippen LogP contribution in [0.1, 0.15) is 5.56 Å². The summed E-state index contributed by atoms with van der Waals surface area (Å²) in [7, 11) is 0. The number of halogens is 2. The molecule has 1 N–H and O–H groups in total. The lowest BCUT2D eigenvalue weighted by molar-refractivity contribution is 0.279. The first-order chi connectivity index (χ1) is 15.7. The molecule has 0 saturated carbocycles. The van der Waals surface area contributed by atoms with Gasteiger partial charge in [0.25, 0.3) is 0 Å². The molecule has 10 heteroatoms. The molecule has 7 nitrogen and oxygen atoms in total. The molecular weight excluding hydrogens is 434 g/mol. The Balaban J connectivity index is 1.37. The molecule has 32 heavy (non-hydrogen) atoms. The van der Waals surface area contributed by atoms with Crippen LogP contribution in [0.5, 0.6) is 6.01 Å². The van der Waals surface area contributed by atoms with Gasteiger partial charge >= 0.3 is 6.01 Å². The second-order valence-electron chi connectivity index (χ2n) is 6.82. The van der Waals surface area contributed by atoms with Gasteiger partial charge in [-0.15, -0.1) is 11.3 Å². The van der Waals surface area contributed by atoms with E-state index in [2.05, 4.69) is 25.3 Å². The highest BCUT2D eigenvalue weighted by Crippen LogP contribution is 2.25. The highest BCUT2D eigenvalue weighted by atomic mass is 32.1. The summed E-state index contributed by atoms with van der Waals surface area (Å²) < 4.78 is 34.9. The lowest BCUT2D eigenvalue weighted by atomic mass is 10.2. The van der Waals surface area contributed by atoms with Crippen molar-refractivity contribution in [3.63, 3.8) is 0 Å². The van der Waals surface area contributed by atoms with Crippen LogP contribution in [0.15, 0.2) is 65.6 Å². The van der Waals surface area contributed by atoms with E-state index in [9.17, 15) is 8.78 Å². The van der Waals surface area contributed by atoms with Crippen LogP contribution >= 0.6 is 11.3 Å². The first-order valence-electron chi connectivity index (χ1n) is 9.65. The number of nitrogens with zero attached hydrogens (tertiary/aromatic N) is 5. The van der Waals surface area contributed by atoms with Crippen LogP contribution in [0.3, 0.4) is 0 Å². The summed E-state index contributed by atoms with van der Waals surface area (Å²) in [5.74, 6) is -0.278. The number of nitrogens with one attached hydrogen (secondary N) is 1. The lowest BCUT2D eigenvalue weighted by Gasteiger charge is -2.12. The van der Waals surface area contributed by atoms with Crippen molar-refractivity contribution in [2.24, 2.45) is 0 Å². The monoisotopic (exact) mass is 450 g/mol. The van der Waals surface area contributed by atoms with Crippen LogP contribution in [-0.2, 0) is 13.3 Å². The summed E-state index contributed by atoms with van der Waals surface area (Å²) in [6, 6.07) is 13.6. The molecule has 0 saturated heterocycles. The Morgan fingerprint density at radius 3 is 2.66 bits per heavy atom. The van der Waals surface area contributed by atoms with Crippen LogP contribution in [0.25, 0.3) is 22.6 Å². The third-order valence-corrected chi connectivity index (χ3v) is 5.31. The van der Waals surface area contributed by atoms with Crippen molar-refractivity contribution in [2.45, 2.75) is 13.3 Å². The second kappa shape index (κ2) is 8.67. The summed E-state index contributed by atoms with van der Waals surface area (Å²) in [5.41, 5.74) is 4.90. The average Bonchev–Trinajstić information content (AvgIpc) is 3.47. The fourth-order valence-corrected chi connectivity index (χ4v) is 3.71. The van der Waals surface area contributed by atoms with E-state index in [0.717, 1.165) is 28.5 Å². The van der Waals surface area contributed by atoms with E-state index in [-0.39, 0.29) is 30.9 Å². The highest BCUT2D eigenvalue weighted by Gasteiger charge is 2.15. The van der Waals surface area contributed by atoms with E-state index in [1.54, 1.807) is 17.6 Å². The number of benzene rings is 2. The summed E-state index contributed by atoms with van der Waals surface area (Å²) in [6.45, 7) is 0.337. The van der Waals surface area contributed by atoms with Crippen molar-refractivity contribution in [1.82, 2.24) is 24.5 Å². The van der Waals surface area contributed by atoms with Crippen molar-refractivity contribution in [1.29, 1.82) is 0 Å². The van der Waals surface area contributed by atoms with Crippen molar-refractivity contribution in [3.8, 4) is 17.5 Å². The number of aromatic nitrogens is 5. The fraction of sp³-hybridized carbons (Fsp3) is 0.0909. The molecule has 5 rings (SSSR count). The second-order valence-corrected chi connectivity index (χ2v) is 7.54. The van der Waals surface area contributed by atoms with Crippen molar-refractivity contribution in [3.05, 3.63) is 82.8 Å². The number of hydrogen-bond acceptors (Lipinski definition) is 7. The SMILES string of the molecule is Fc1ccc(COc2ncc(F)c(NCn3c(-c4cscn4)nc4ccccc43)n2)cc1. The number of para-hydroxylation sites is 2. The van der Waals surface area contributed by atoms with Gasteiger partial charge in [0.15, 0.2) is 17.5 Å². The molecule has 5 aromatic rings. The zero-order valence-corrected chi connectivity index (χ0v) is 17.4. The topological polar surface area (TPSA) is 77.8 Å². The molecule has 0 amide bonds. The number of ether oxygens (including phenoxy) is 1. The summed E-state index contributed by atoms with van der Waals surface area (Å²) in [6.07, 6.45) is 1.04. The maximum Gasteiger partial charge on any atom is 0.318 e. The number of hydrogen-bond donors (Lipinski definition) is 1. The predicted molar refractivity (Wildman–Crippen MR) is 117 cm³/mol. The molecule has 0 atom stereocenters. The first kappa shape index (κ1) is 20.0. The van der Waals surface area contributed by atoms with Crippen LogP contribution in [0.4, 0.5) is 14.6 Å². The molecule has 2 aromatic carbocycles. The summed E-state index contributed by atoms with van der Waals surface area (Å²) >= 11 is 1.47. The third kappa shape index (κ3) is 4.12. The minimum absolute atomic E-state index is 0.00360. The Labute approximate surface area is 185 Å². The van der Waals surface area contributed by atoms with Crippen LogP contribution in [0, 0.1) is 11.6 Å². The first-order valence-corrected chi connectivity index (χ1v) is 10.6. The standard InChI is InChI=1S/C22H16F2N6OS/c23-15-7-5-14(6-8-15)10-31-22-25-9-16(24)20(29-22)26-12-30-19-4-2-1-3-17(19)28-21(30)18-11-32-13-27-18/h1-9,11,13H,10,12H2,(H,25,26,29). The van der Waals surface area contributed by atoms with Gasteiger partial charge in [-0.05, 0) is 29.8 Å². The minimum Gasteiger partial charge on any atom is -0.459 e. The molecule has 0 aliphatic rings. The average molecular weight is 450 g/mol. The van der Waals surface area contributed by atoms with Gasteiger partial charge in [-0.25, -0.2) is 23.7 Å². The number of imidazole rings is 1. The molecule has 0 fully saturated rings. The van der Waals surface area contributed by atoms with Gasteiger partial charge in [-0.2, -0.15) is 4.98 Å². The van der Waals surface area contributed by atoms with Gasteiger partial charge in [0.05, 0.1) is 29.4 Å². The molecule has 0 bridgehead atoms. The van der Waals surface area contributed by atoms with E-state index in [1.165, 1.54) is 23.5 Å². The molecule has 160 valence electrons. The van der Waals surface area contributed by atoms with Crippen LogP contribution < -0.4 is 10.1 Å². The maximum absolute atomic E-state index is 14.4. The van der Waals surface area contributed by atoms with E-state index >= 15 is 0 Å². The van der Waals surface area contributed by atoms with Gasteiger partial charge < -0.3 is 14.6 Å². The van der Waals surface area contributed by atoms with E-state index in [1.807, 2.05) is 34.2 Å². The lowest BCUT2D eigenvalue weighted by Crippen LogP contribution is -2.12. The number of anilines is 1. The van der Waals surface area contributed by atoms with E-state index < -0.39 is 5.82 Å². The number of thiazole rings is 1. The Kier molecular flexibility index (Phi) is 5.42. The maximum atomic E-state index is 14.4. The van der Waals surface area contributed by atoms with Crippen molar-refractivity contribution < 1.29 is 13.5 Å². The largest absolute Gasteiger partial charge is 0.459 e. The molecule has 3 aromatic heterocycles. The van der Waals surface area contributed by atoms with E-state index in [4.69, 9.17) is 4.74 Å². The Hall–Kier alpha value is -3.92. The van der Waals surface area contributed by atoms with Crippen LogP contribution in [-0.4, -0.2) is 24.5 Å².